The summed E-state index contributed by atoms with van der Waals surface area (Å²) in [6.07, 6.45) is 1.73. The van der Waals surface area contributed by atoms with Crippen LogP contribution < -0.4 is 5.06 Å². The Labute approximate surface area is 215 Å². The van der Waals surface area contributed by atoms with Gasteiger partial charge in [0, 0.05) is 37.1 Å². The molecule has 0 atom stereocenters. The monoisotopic (exact) mass is 530 g/mol. The van der Waals surface area contributed by atoms with Gasteiger partial charge >= 0.3 is 16.4 Å². The lowest BCUT2D eigenvalue weighted by molar-refractivity contribution is -0.0598. The van der Waals surface area contributed by atoms with Crippen LogP contribution in [0.4, 0.5) is 10.5 Å². The zero-order chi connectivity index (χ0) is 25.3. The molecule has 2 aliphatic rings. The van der Waals surface area contributed by atoms with Crippen molar-refractivity contribution in [2.75, 3.05) is 31.2 Å². The molecular weight excluding hydrogens is 500 g/mol. The van der Waals surface area contributed by atoms with E-state index in [2.05, 4.69) is 9.88 Å². The van der Waals surface area contributed by atoms with Crippen molar-refractivity contribution in [1.29, 1.82) is 0 Å². The zero-order valence-corrected chi connectivity index (χ0v) is 21.2. The van der Waals surface area contributed by atoms with Gasteiger partial charge in [0.05, 0.1) is 23.3 Å². The number of amides is 2. The third-order valence-electron chi connectivity index (χ3n) is 6.56. The van der Waals surface area contributed by atoms with Gasteiger partial charge in [0.15, 0.2) is 0 Å². The summed E-state index contributed by atoms with van der Waals surface area (Å²) in [5, 5.41) is 13.1. The van der Waals surface area contributed by atoms with E-state index in [0.717, 1.165) is 15.7 Å². The van der Waals surface area contributed by atoms with E-state index < -0.39 is 22.0 Å². The van der Waals surface area contributed by atoms with Gasteiger partial charge in [0.25, 0.3) is 0 Å². The number of piperidine rings is 1. The number of benzene rings is 2. The Balaban J connectivity index is 0.00000320. The van der Waals surface area contributed by atoms with Gasteiger partial charge < -0.3 is 15.5 Å². The van der Waals surface area contributed by atoms with Crippen LogP contribution in [0.1, 0.15) is 24.1 Å². The summed E-state index contributed by atoms with van der Waals surface area (Å²) < 4.78 is 34.6. The van der Waals surface area contributed by atoms with Gasteiger partial charge in [-0.1, -0.05) is 48.5 Å². The van der Waals surface area contributed by atoms with Crippen LogP contribution in [-0.4, -0.2) is 71.8 Å². The maximum atomic E-state index is 13.2. The predicted molar refractivity (Wildman–Crippen MR) is 137 cm³/mol. The highest BCUT2D eigenvalue weighted by Crippen LogP contribution is 2.31. The van der Waals surface area contributed by atoms with Gasteiger partial charge in [0.1, 0.15) is 0 Å². The molecule has 0 bridgehead atoms. The van der Waals surface area contributed by atoms with Crippen LogP contribution >= 0.6 is 0 Å². The molecule has 2 fully saturated rings. The van der Waals surface area contributed by atoms with Gasteiger partial charge in [-0.05, 0) is 37.5 Å². The quantitative estimate of drug-likeness (QED) is 0.510. The lowest BCUT2D eigenvalue weighted by Crippen LogP contribution is -2.54. The van der Waals surface area contributed by atoms with Crippen molar-refractivity contribution >= 4 is 33.0 Å². The van der Waals surface area contributed by atoms with E-state index in [0.29, 0.717) is 55.5 Å². The van der Waals surface area contributed by atoms with Crippen LogP contribution in [0.5, 0.6) is 0 Å². The third kappa shape index (κ3) is 6.06. The highest BCUT2D eigenvalue weighted by atomic mass is 32.3. The number of hydrogen-bond donors (Lipinski definition) is 1. The number of para-hydroxylation sites is 1. The largest absolute Gasteiger partial charge is 0.442 e. The van der Waals surface area contributed by atoms with Crippen LogP contribution in [0.15, 0.2) is 60.7 Å². The molecule has 0 aliphatic carbocycles. The first-order valence-electron chi connectivity index (χ1n) is 11.8. The highest BCUT2D eigenvalue weighted by molar-refractivity contribution is 7.82. The van der Waals surface area contributed by atoms with E-state index >= 15 is 0 Å². The molecule has 0 radical (unpaired) electrons. The number of fused-ring (bicyclic) bond motifs is 1. The van der Waals surface area contributed by atoms with E-state index in [4.69, 9.17) is 8.57 Å². The molecule has 2 saturated heterocycles. The molecule has 2 aromatic carbocycles. The Kier molecular flexibility index (Phi) is 7.78. The van der Waals surface area contributed by atoms with Crippen LogP contribution in [0.2, 0.25) is 0 Å². The van der Waals surface area contributed by atoms with Crippen molar-refractivity contribution in [2.24, 2.45) is 0 Å². The Morgan fingerprint density at radius 2 is 1.68 bits per heavy atom. The summed E-state index contributed by atoms with van der Waals surface area (Å²) in [4.78, 5) is 19.7. The standard InChI is InChI=1S/C25H28N4O6S.H2O/c1-19-17-23(21-9-5-6-10-22(21)26-19)29-24(30)28(34-36(32,33)35-29)16-15-27-13-11-25(31,12-14-27)18-20-7-3-2-4-8-20;/h2-10,17,31H,11-16,18H2,1H3;1H2. The average Bonchev–Trinajstić information content (AvgIpc) is 2.85. The number of aromatic nitrogens is 1. The van der Waals surface area contributed by atoms with E-state index in [1.54, 1.807) is 31.2 Å². The van der Waals surface area contributed by atoms with E-state index in [9.17, 15) is 18.3 Å². The maximum Gasteiger partial charge on any atom is 0.442 e. The van der Waals surface area contributed by atoms with Gasteiger partial charge in [-0.15, -0.1) is 13.6 Å². The minimum absolute atomic E-state index is 0. The summed E-state index contributed by atoms with van der Waals surface area (Å²) in [6.45, 7) is 3.38. The minimum atomic E-state index is -4.50. The molecule has 0 unspecified atom stereocenters. The van der Waals surface area contributed by atoms with Crippen molar-refractivity contribution in [3.05, 3.63) is 71.9 Å². The normalized spacial score (nSPS) is 19.6. The second kappa shape index (κ2) is 10.7. The lowest BCUT2D eigenvalue weighted by Gasteiger charge is -2.39. The fourth-order valence-corrected chi connectivity index (χ4v) is 5.40. The van der Waals surface area contributed by atoms with Crippen molar-refractivity contribution in [1.82, 2.24) is 14.9 Å². The van der Waals surface area contributed by atoms with Crippen LogP contribution in [0.25, 0.3) is 10.9 Å². The van der Waals surface area contributed by atoms with Gasteiger partial charge in [-0.2, -0.15) is 13.5 Å². The molecule has 5 rings (SSSR count). The molecule has 3 aromatic rings. The van der Waals surface area contributed by atoms with Crippen molar-refractivity contribution in [3.8, 4) is 0 Å². The smallest absolute Gasteiger partial charge is 0.412 e. The number of pyridine rings is 1. The van der Waals surface area contributed by atoms with E-state index in [1.807, 2.05) is 36.4 Å². The summed E-state index contributed by atoms with van der Waals surface area (Å²) in [6, 6.07) is 17.8. The highest BCUT2D eigenvalue weighted by Gasteiger charge is 2.40. The van der Waals surface area contributed by atoms with Crippen LogP contribution in [-0.2, 0) is 25.4 Å². The Morgan fingerprint density at radius 3 is 2.41 bits per heavy atom. The Bertz CT molecular complexity index is 1360. The van der Waals surface area contributed by atoms with Crippen molar-refractivity contribution < 1.29 is 32.4 Å². The molecule has 2 aliphatic heterocycles. The molecule has 0 saturated carbocycles. The molecule has 1 aromatic heterocycles. The molecule has 11 nitrogen and oxygen atoms in total. The zero-order valence-electron chi connectivity index (χ0n) is 20.4. The lowest BCUT2D eigenvalue weighted by atomic mass is 9.85. The number of hydroxylamine groups is 3. The van der Waals surface area contributed by atoms with Crippen LogP contribution in [0.3, 0.4) is 0 Å². The van der Waals surface area contributed by atoms with Gasteiger partial charge in [-0.3, -0.25) is 4.98 Å². The van der Waals surface area contributed by atoms with Gasteiger partial charge in [0.2, 0.25) is 0 Å². The Hall–Kier alpha value is -3.13. The molecule has 0 spiro atoms. The molecule has 198 valence electrons. The predicted octanol–water partition coefficient (Wildman–Crippen LogP) is 2.14. The van der Waals surface area contributed by atoms with Crippen molar-refractivity contribution in [2.45, 2.75) is 31.8 Å². The van der Waals surface area contributed by atoms with Crippen LogP contribution in [0, 0.1) is 6.92 Å². The number of carbonyl (C=O) groups excluding carboxylic acids is 1. The number of aliphatic hydroxyl groups is 1. The first-order chi connectivity index (χ1) is 17.2. The molecule has 2 amide bonds. The SMILES string of the molecule is Cc1cc(N2OS(=O)(=O)ON(CCN3CCC(O)(Cc4ccccc4)CC3)C2=O)c2ccccc2n1.O. The minimum Gasteiger partial charge on any atom is -0.412 e. The molecular formula is C25H30N4O7S. The average molecular weight is 531 g/mol. The third-order valence-corrected chi connectivity index (χ3v) is 7.25. The van der Waals surface area contributed by atoms with E-state index in [-0.39, 0.29) is 17.7 Å². The number of hydrogen-bond acceptors (Lipinski definition) is 8. The first-order valence-corrected chi connectivity index (χ1v) is 13.2. The topological polar surface area (TPSA) is 144 Å². The molecule has 3 heterocycles. The summed E-state index contributed by atoms with van der Waals surface area (Å²) in [5.41, 5.74) is 1.78. The number of anilines is 1. The fourth-order valence-electron chi connectivity index (χ4n) is 4.69. The number of carbonyl (C=O) groups is 1. The van der Waals surface area contributed by atoms with Crippen molar-refractivity contribution in [3.63, 3.8) is 0 Å². The fraction of sp³-hybridized carbons (Fsp3) is 0.360. The number of urea groups is 1. The van der Waals surface area contributed by atoms with E-state index in [1.165, 1.54) is 0 Å². The summed E-state index contributed by atoms with van der Waals surface area (Å²) >= 11 is 0. The summed E-state index contributed by atoms with van der Waals surface area (Å²) in [5.74, 6) is 0. The second-order valence-electron chi connectivity index (χ2n) is 9.26. The first kappa shape index (κ1) is 26.9. The Morgan fingerprint density at radius 1 is 1.00 bits per heavy atom. The maximum absolute atomic E-state index is 13.2. The molecule has 12 heteroatoms. The number of nitrogens with zero attached hydrogens (tertiary/aromatic N) is 4. The second-order valence-corrected chi connectivity index (χ2v) is 10.4. The summed E-state index contributed by atoms with van der Waals surface area (Å²) in [7, 11) is -4.50. The van der Waals surface area contributed by atoms with Gasteiger partial charge in [-0.25, -0.2) is 4.79 Å². The molecule has 3 N–H and O–H groups in total. The number of likely N-dealkylation sites (tertiary alicyclic amines) is 1. The number of rotatable bonds is 6. The number of aryl methyl sites for hydroxylation is 1. The molecule has 37 heavy (non-hydrogen) atoms.